The molecule has 1 atom stereocenters. The van der Waals surface area contributed by atoms with Crippen molar-refractivity contribution in [3.63, 3.8) is 0 Å². The van der Waals surface area contributed by atoms with Crippen molar-refractivity contribution in [2.45, 2.75) is 26.2 Å². The number of rotatable bonds is 3. The highest BCUT2D eigenvalue weighted by Gasteiger charge is 2.22. The van der Waals surface area contributed by atoms with Crippen LogP contribution in [0.15, 0.2) is 18.3 Å². The number of carboxylic acid groups (broad SMARTS) is 1. The van der Waals surface area contributed by atoms with E-state index in [4.69, 9.17) is 5.11 Å². The molecule has 2 heterocycles. The zero-order valence-electron chi connectivity index (χ0n) is 9.21. The Morgan fingerprint density at radius 3 is 3.00 bits per heavy atom. The zero-order valence-corrected chi connectivity index (χ0v) is 9.21. The van der Waals surface area contributed by atoms with Crippen LogP contribution in [0.2, 0.25) is 0 Å². The summed E-state index contributed by atoms with van der Waals surface area (Å²) in [6, 6.07) is 3.79. The van der Waals surface area contributed by atoms with Crippen molar-refractivity contribution in [1.29, 1.82) is 0 Å². The Hall–Kier alpha value is -1.91. The van der Waals surface area contributed by atoms with E-state index in [2.05, 4.69) is 10.1 Å². The van der Waals surface area contributed by atoms with Gasteiger partial charge in [0.2, 0.25) is 0 Å². The second-order valence-electron chi connectivity index (χ2n) is 3.78. The summed E-state index contributed by atoms with van der Waals surface area (Å²) >= 11 is 0. The number of aromatic nitrogens is 3. The minimum absolute atomic E-state index is 0.376. The number of carbonyl (C=O) groups is 1. The highest BCUT2D eigenvalue weighted by atomic mass is 16.4. The van der Waals surface area contributed by atoms with E-state index >= 15 is 0 Å². The summed E-state index contributed by atoms with van der Waals surface area (Å²) in [4.78, 5) is 15.2. The van der Waals surface area contributed by atoms with E-state index in [1.54, 1.807) is 10.7 Å². The molecule has 2 aromatic heterocycles. The van der Waals surface area contributed by atoms with Crippen LogP contribution in [0, 0.1) is 6.92 Å². The zero-order chi connectivity index (χ0) is 11.7. The molecule has 0 aliphatic rings. The number of fused-ring (bicyclic) bond motifs is 1. The molecule has 84 valence electrons. The van der Waals surface area contributed by atoms with E-state index in [0.29, 0.717) is 17.9 Å². The largest absolute Gasteiger partial charge is 0.481 e. The first-order valence-electron chi connectivity index (χ1n) is 5.17. The Balaban J connectivity index is 2.49. The Labute approximate surface area is 92.7 Å². The van der Waals surface area contributed by atoms with Gasteiger partial charge in [-0.15, -0.1) is 0 Å². The molecule has 0 aromatic carbocycles. The molecule has 1 N–H and O–H groups in total. The summed E-state index contributed by atoms with van der Waals surface area (Å²) < 4.78 is 1.61. The molecule has 0 aliphatic heterocycles. The van der Waals surface area contributed by atoms with E-state index in [-0.39, 0.29) is 0 Å². The smallest absolute Gasteiger partial charge is 0.314 e. The van der Waals surface area contributed by atoms with Crippen molar-refractivity contribution >= 4 is 11.6 Å². The summed E-state index contributed by atoms with van der Waals surface area (Å²) in [6.07, 6.45) is 2.28. The number of pyridine rings is 1. The fourth-order valence-corrected chi connectivity index (χ4v) is 1.62. The van der Waals surface area contributed by atoms with Crippen LogP contribution in [0.3, 0.4) is 0 Å². The Morgan fingerprint density at radius 1 is 1.62 bits per heavy atom. The van der Waals surface area contributed by atoms with Crippen LogP contribution in [0.1, 0.15) is 30.7 Å². The van der Waals surface area contributed by atoms with Crippen molar-refractivity contribution in [2.75, 3.05) is 0 Å². The molecule has 0 amide bonds. The first kappa shape index (κ1) is 10.6. The van der Waals surface area contributed by atoms with Crippen LogP contribution in [0.4, 0.5) is 0 Å². The second-order valence-corrected chi connectivity index (χ2v) is 3.78. The van der Waals surface area contributed by atoms with Crippen molar-refractivity contribution in [3.05, 3.63) is 29.7 Å². The molecular formula is C11H13N3O2. The first-order valence-corrected chi connectivity index (χ1v) is 5.17. The minimum Gasteiger partial charge on any atom is -0.481 e. The number of carboxylic acids is 1. The molecule has 0 aliphatic carbocycles. The average Bonchev–Trinajstić information content (AvgIpc) is 2.60. The summed E-state index contributed by atoms with van der Waals surface area (Å²) in [5, 5.41) is 13.2. The lowest BCUT2D eigenvalue weighted by Gasteiger charge is -2.02. The molecule has 0 saturated heterocycles. The van der Waals surface area contributed by atoms with Gasteiger partial charge in [-0.3, -0.25) is 4.79 Å². The monoisotopic (exact) mass is 219 g/mol. The molecule has 0 bridgehead atoms. The highest BCUT2D eigenvalue weighted by Crippen LogP contribution is 2.17. The predicted octanol–water partition coefficient (Wildman–Crippen LogP) is 1.62. The maximum absolute atomic E-state index is 11.0. The number of aryl methyl sites for hydroxylation is 1. The average molecular weight is 219 g/mol. The van der Waals surface area contributed by atoms with Crippen molar-refractivity contribution in [3.8, 4) is 0 Å². The van der Waals surface area contributed by atoms with Gasteiger partial charge < -0.3 is 5.11 Å². The fourth-order valence-electron chi connectivity index (χ4n) is 1.62. The van der Waals surface area contributed by atoms with Crippen LogP contribution in [-0.2, 0) is 4.79 Å². The Morgan fingerprint density at radius 2 is 2.38 bits per heavy atom. The molecule has 0 spiro atoms. The third-order valence-corrected chi connectivity index (χ3v) is 2.53. The first-order chi connectivity index (χ1) is 7.61. The van der Waals surface area contributed by atoms with Gasteiger partial charge in [-0.25, -0.2) is 9.50 Å². The van der Waals surface area contributed by atoms with E-state index in [1.807, 2.05) is 26.0 Å². The SMILES string of the molecule is CCC(C(=O)O)c1nc2cc(C)ccn2n1. The van der Waals surface area contributed by atoms with Crippen LogP contribution >= 0.6 is 0 Å². The number of hydrogen-bond donors (Lipinski definition) is 1. The van der Waals surface area contributed by atoms with Gasteiger partial charge in [0.05, 0.1) is 0 Å². The molecule has 2 aromatic rings. The van der Waals surface area contributed by atoms with Crippen molar-refractivity contribution in [1.82, 2.24) is 14.6 Å². The quantitative estimate of drug-likeness (QED) is 0.851. The maximum Gasteiger partial charge on any atom is 0.314 e. The lowest BCUT2D eigenvalue weighted by Crippen LogP contribution is -2.12. The van der Waals surface area contributed by atoms with Crippen LogP contribution in [0.25, 0.3) is 5.65 Å². The minimum atomic E-state index is -0.880. The maximum atomic E-state index is 11.0. The summed E-state index contributed by atoms with van der Waals surface area (Å²) in [7, 11) is 0. The predicted molar refractivity (Wildman–Crippen MR) is 58.4 cm³/mol. The van der Waals surface area contributed by atoms with Gasteiger partial charge in [0.15, 0.2) is 11.5 Å². The van der Waals surface area contributed by atoms with Gasteiger partial charge >= 0.3 is 5.97 Å². The van der Waals surface area contributed by atoms with Gasteiger partial charge in [-0.05, 0) is 31.0 Å². The van der Waals surface area contributed by atoms with Gasteiger partial charge in [0.25, 0.3) is 0 Å². The summed E-state index contributed by atoms with van der Waals surface area (Å²) in [5.41, 5.74) is 1.77. The van der Waals surface area contributed by atoms with Crippen LogP contribution in [0.5, 0.6) is 0 Å². The van der Waals surface area contributed by atoms with Crippen LogP contribution < -0.4 is 0 Å². The fraction of sp³-hybridized carbons (Fsp3) is 0.364. The molecule has 5 nitrogen and oxygen atoms in total. The molecule has 0 fully saturated rings. The molecule has 1 unspecified atom stereocenters. The number of nitrogens with zero attached hydrogens (tertiary/aromatic N) is 3. The number of aliphatic carboxylic acids is 1. The number of hydrogen-bond acceptors (Lipinski definition) is 3. The van der Waals surface area contributed by atoms with Gasteiger partial charge in [0, 0.05) is 6.20 Å². The van der Waals surface area contributed by atoms with Crippen molar-refractivity contribution < 1.29 is 9.90 Å². The van der Waals surface area contributed by atoms with Gasteiger partial charge in [-0.2, -0.15) is 5.10 Å². The topological polar surface area (TPSA) is 67.5 Å². The molecule has 2 rings (SSSR count). The normalized spacial score (nSPS) is 12.9. The van der Waals surface area contributed by atoms with E-state index in [1.165, 1.54) is 0 Å². The molecule has 16 heavy (non-hydrogen) atoms. The third-order valence-electron chi connectivity index (χ3n) is 2.53. The Kier molecular flexibility index (Phi) is 2.60. The highest BCUT2D eigenvalue weighted by molar-refractivity contribution is 5.74. The van der Waals surface area contributed by atoms with Gasteiger partial charge in [0.1, 0.15) is 5.92 Å². The third kappa shape index (κ3) is 1.76. The van der Waals surface area contributed by atoms with E-state index in [9.17, 15) is 4.79 Å². The Bertz CT molecular complexity index is 533. The molecule has 5 heteroatoms. The molecule has 0 radical (unpaired) electrons. The van der Waals surface area contributed by atoms with Gasteiger partial charge in [-0.1, -0.05) is 6.92 Å². The van der Waals surface area contributed by atoms with Crippen LogP contribution in [-0.4, -0.2) is 25.7 Å². The lowest BCUT2D eigenvalue weighted by molar-refractivity contribution is -0.139. The van der Waals surface area contributed by atoms with E-state index < -0.39 is 11.9 Å². The standard InChI is InChI=1S/C11H13N3O2/c1-3-8(11(15)16)10-12-9-6-7(2)4-5-14(9)13-10/h4-6,8H,3H2,1-2H3,(H,15,16). The van der Waals surface area contributed by atoms with Crippen molar-refractivity contribution in [2.24, 2.45) is 0 Å². The lowest BCUT2D eigenvalue weighted by atomic mass is 10.1. The van der Waals surface area contributed by atoms with E-state index in [0.717, 1.165) is 5.56 Å². The summed E-state index contributed by atoms with van der Waals surface area (Å²) in [6.45, 7) is 3.78. The molecular weight excluding hydrogens is 206 g/mol. The molecule has 0 saturated carbocycles. The summed E-state index contributed by atoms with van der Waals surface area (Å²) in [5.74, 6) is -1.13. The second kappa shape index (κ2) is 3.92.